The molecular weight excluding hydrogens is 340 g/mol. The Bertz CT molecular complexity index is 496. The monoisotopic (exact) mass is 360 g/mol. The fourth-order valence-electron chi connectivity index (χ4n) is 2.42. The lowest BCUT2D eigenvalue weighted by Crippen LogP contribution is -2.42. The molecule has 1 saturated heterocycles. The number of aryl methyl sites for hydroxylation is 1. The summed E-state index contributed by atoms with van der Waals surface area (Å²) in [5.74, 6) is 0.598. The van der Waals surface area contributed by atoms with E-state index in [9.17, 15) is 4.79 Å². The molecule has 2 heterocycles. The van der Waals surface area contributed by atoms with Gasteiger partial charge in [-0.05, 0) is 54.2 Å². The maximum absolute atomic E-state index is 12.4. The van der Waals surface area contributed by atoms with E-state index in [-0.39, 0.29) is 11.3 Å². The topological polar surface area (TPSA) is 50.4 Å². The molecule has 0 bridgehead atoms. The van der Waals surface area contributed by atoms with E-state index in [1.165, 1.54) is 11.3 Å². The Morgan fingerprint density at radius 3 is 2.75 bits per heavy atom. The van der Waals surface area contributed by atoms with Gasteiger partial charge in [-0.1, -0.05) is 6.92 Å². The summed E-state index contributed by atoms with van der Waals surface area (Å²) in [6, 6.07) is 0. The first kappa shape index (κ1) is 15.8. The summed E-state index contributed by atoms with van der Waals surface area (Å²) in [5, 5.41) is 6.42. The van der Waals surface area contributed by atoms with Crippen LogP contribution in [0.3, 0.4) is 0 Å². The number of rotatable bonds is 4. The Morgan fingerprint density at radius 1 is 1.50 bits per heavy atom. The van der Waals surface area contributed by atoms with E-state index in [4.69, 9.17) is 4.74 Å². The standard InChI is InChI=1S/C14H21BrN2O2S/c1-9-10(15)11(19-3)12(20-9)13(18)17-8-14(2)4-6-16-7-5-14/h16H,4-8H2,1-3H3,(H,17,18). The zero-order chi connectivity index (χ0) is 14.8. The van der Waals surface area contributed by atoms with Crippen LogP contribution >= 0.6 is 27.3 Å². The lowest BCUT2D eigenvalue weighted by Gasteiger charge is -2.34. The number of amides is 1. The highest BCUT2D eigenvalue weighted by molar-refractivity contribution is 9.10. The number of ether oxygens (including phenoxy) is 1. The molecule has 0 saturated carbocycles. The van der Waals surface area contributed by atoms with Gasteiger partial charge in [-0.2, -0.15) is 0 Å². The second-order valence-electron chi connectivity index (χ2n) is 5.58. The molecule has 1 aliphatic rings. The number of halogens is 1. The molecule has 0 aromatic carbocycles. The molecule has 0 radical (unpaired) electrons. The van der Waals surface area contributed by atoms with Crippen LogP contribution in [0.2, 0.25) is 0 Å². The van der Waals surface area contributed by atoms with Crippen LogP contribution in [0.4, 0.5) is 0 Å². The molecule has 0 aliphatic carbocycles. The quantitative estimate of drug-likeness (QED) is 0.867. The number of methoxy groups -OCH3 is 1. The van der Waals surface area contributed by atoms with Crippen molar-refractivity contribution in [3.63, 3.8) is 0 Å². The predicted molar refractivity (Wildman–Crippen MR) is 85.9 cm³/mol. The molecule has 20 heavy (non-hydrogen) atoms. The fraction of sp³-hybridized carbons (Fsp3) is 0.643. The molecule has 0 atom stereocenters. The third-order valence-electron chi connectivity index (χ3n) is 3.87. The summed E-state index contributed by atoms with van der Waals surface area (Å²) in [4.78, 5) is 14.1. The van der Waals surface area contributed by atoms with Crippen molar-refractivity contribution in [2.24, 2.45) is 5.41 Å². The van der Waals surface area contributed by atoms with E-state index in [1.807, 2.05) is 6.92 Å². The van der Waals surface area contributed by atoms with Gasteiger partial charge in [-0.15, -0.1) is 11.3 Å². The van der Waals surface area contributed by atoms with E-state index in [2.05, 4.69) is 33.5 Å². The Morgan fingerprint density at radius 2 is 2.15 bits per heavy atom. The lowest BCUT2D eigenvalue weighted by molar-refractivity contribution is 0.0923. The number of thiophene rings is 1. The predicted octanol–water partition coefficient (Wildman–Crippen LogP) is 2.95. The van der Waals surface area contributed by atoms with Crippen LogP contribution in [-0.4, -0.2) is 32.7 Å². The van der Waals surface area contributed by atoms with E-state index in [0.29, 0.717) is 17.2 Å². The summed E-state index contributed by atoms with van der Waals surface area (Å²) >= 11 is 4.93. The average molecular weight is 361 g/mol. The van der Waals surface area contributed by atoms with Gasteiger partial charge < -0.3 is 15.4 Å². The van der Waals surface area contributed by atoms with Crippen molar-refractivity contribution < 1.29 is 9.53 Å². The number of hydrogen-bond acceptors (Lipinski definition) is 4. The second kappa shape index (κ2) is 6.45. The second-order valence-corrected chi connectivity index (χ2v) is 7.60. The van der Waals surface area contributed by atoms with Gasteiger partial charge in [-0.25, -0.2) is 0 Å². The zero-order valence-corrected chi connectivity index (χ0v) is 14.5. The van der Waals surface area contributed by atoms with Crippen LogP contribution in [0.5, 0.6) is 5.75 Å². The van der Waals surface area contributed by atoms with E-state index in [0.717, 1.165) is 35.3 Å². The minimum atomic E-state index is -0.0413. The Balaban J connectivity index is 2.03. The first-order valence-corrected chi connectivity index (χ1v) is 8.39. The first-order chi connectivity index (χ1) is 9.47. The molecule has 1 fully saturated rings. The molecule has 6 heteroatoms. The molecule has 0 spiro atoms. The van der Waals surface area contributed by atoms with Crippen molar-refractivity contribution in [1.82, 2.24) is 10.6 Å². The molecule has 1 amide bonds. The van der Waals surface area contributed by atoms with Crippen LogP contribution in [0, 0.1) is 12.3 Å². The minimum absolute atomic E-state index is 0.0413. The Kier molecular flexibility index (Phi) is 5.09. The summed E-state index contributed by atoms with van der Waals surface area (Å²) < 4.78 is 6.21. The van der Waals surface area contributed by atoms with Gasteiger partial charge in [0, 0.05) is 11.4 Å². The number of nitrogens with one attached hydrogen (secondary N) is 2. The van der Waals surface area contributed by atoms with Gasteiger partial charge in [-0.3, -0.25) is 4.79 Å². The molecule has 2 rings (SSSR count). The molecule has 1 aromatic rings. The summed E-state index contributed by atoms with van der Waals surface area (Å²) in [6.45, 7) is 6.98. The molecule has 4 nitrogen and oxygen atoms in total. The molecule has 2 N–H and O–H groups in total. The third kappa shape index (κ3) is 3.35. The zero-order valence-electron chi connectivity index (χ0n) is 12.1. The van der Waals surface area contributed by atoms with Gasteiger partial charge in [0.15, 0.2) is 5.75 Å². The highest BCUT2D eigenvalue weighted by Crippen LogP contribution is 2.39. The summed E-state index contributed by atoms with van der Waals surface area (Å²) in [6.07, 6.45) is 2.19. The van der Waals surface area contributed by atoms with Crippen LogP contribution in [-0.2, 0) is 0 Å². The first-order valence-electron chi connectivity index (χ1n) is 6.79. The van der Waals surface area contributed by atoms with Crippen molar-refractivity contribution in [2.45, 2.75) is 26.7 Å². The van der Waals surface area contributed by atoms with E-state index < -0.39 is 0 Å². The van der Waals surface area contributed by atoms with Crippen LogP contribution in [0.15, 0.2) is 4.47 Å². The Hall–Kier alpha value is -0.590. The van der Waals surface area contributed by atoms with Crippen molar-refractivity contribution >= 4 is 33.2 Å². The van der Waals surface area contributed by atoms with Crippen molar-refractivity contribution in [3.05, 3.63) is 14.2 Å². The molecule has 112 valence electrons. The van der Waals surface area contributed by atoms with Crippen LogP contribution in [0.1, 0.15) is 34.3 Å². The van der Waals surface area contributed by atoms with Gasteiger partial charge in [0.1, 0.15) is 4.88 Å². The van der Waals surface area contributed by atoms with Gasteiger partial charge in [0.05, 0.1) is 11.6 Å². The van der Waals surface area contributed by atoms with E-state index >= 15 is 0 Å². The normalized spacial score (nSPS) is 17.8. The van der Waals surface area contributed by atoms with Crippen LogP contribution < -0.4 is 15.4 Å². The molecular formula is C14H21BrN2O2S. The SMILES string of the molecule is COc1c(C(=O)NCC2(C)CCNCC2)sc(C)c1Br. The smallest absolute Gasteiger partial charge is 0.265 e. The average Bonchev–Trinajstić information content (AvgIpc) is 2.73. The van der Waals surface area contributed by atoms with Gasteiger partial charge in [0.25, 0.3) is 5.91 Å². The highest BCUT2D eigenvalue weighted by Gasteiger charge is 2.28. The van der Waals surface area contributed by atoms with E-state index in [1.54, 1.807) is 7.11 Å². The van der Waals surface area contributed by atoms with Crippen molar-refractivity contribution in [2.75, 3.05) is 26.7 Å². The molecule has 1 aliphatic heterocycles. The maximum atomic E-state index is 12.4. The number of carbonyl (C=O) groups excluding carboxylic acids is 1. The fourth-order valence-corrected chi connectivity index (χ4v) is 4.08. The lowest BCUT2D eigenvalue weighted by atomic mass is 9.81. The number of hydrogen-bond donors (Lipinski definition) is 2. The summed E-state index contributed by atoms with van der Waals surface area (Å²) in [5.41, 5.74) is 0.192. The largest absolute Gasteiger partial charge is 0.494 e. The number of carbonyl (C=O) groups is 1. The minimum Gasteiger partial charge on any atom is -0.494 e. The highest BCUT2D eigenvalue weighted by atomic mass is 79.9. The maximum Gasteiger partial charge on any atom is 0.265 e. The van der Waals surface area contributed by atoms with Crippen LogP contribution in [0.25, 0.3) is 0 Å². The third-order valence-corrected chi connectivity index (χ3v) is 6.17. The Labute approximate surface area is 132 Å². The van der Waals surface area contributed by atoms with Gasteiger partial charge >= 0.3 is 0 Å². The van der Waals surface area contributed by atoms with Crippen molar-refractivity contribution in [3.8, 4) is 5.75 Å². The summed E-state index contributed by atoms with van der Waals surface area (Å²) in [7, 11) is 1.59. The molecule has 0 unspecified atom stereocenters. The van der Waals surface area contributed by atoms with Crippen molar-refractivity contribution in [1.29, 1.82) is 0 Å². The molecule has 1 aromatic heterocycles. The number of piperidine rings is 1. The van der Waals surface area contributed by atoms with Gasteiger partial charge in [0.2, 0.25) is 0 Å².